The lowest BCUT2D eigenvalue weighted by atomic mass is 10.2. The van der Waals surface area contributed by atoms with Gasteiger partial charge in [-0.1, -0.05) is 24.3 Å². The normalized spacial score (nSPS) is 12.1. The second kappa shape index (κ2) is 7.61. The summed E-state index contributed by atoms with van der Waals surface area (Å²) < 4.78 is 18.5. The van der Waals surface area contributed by atoms with E-state index in [0.29, 0.717) is 13.1 Å². The molecule has 2 rings (SSSR count). The Labute approximate surface area is 122 Å². The van der Waals surface area contributed by atoms with Crippen molar-refractivity contribution in [1.29, 1.82) is 0 Å². The van der Waals surface area contributed by atoms with Crippen LogP contribution in [0.15, 0.2) is 48.5 Å². The van der Waals surface area contributed by atoms with Gasteiger partial charge in [-0.3, -0.25) is 0 Å². The zero-order valence-electron chi connectivity index (χ0n) is 11.5. The molecule has 0 heterocycles. The first-order valence-electron chi connectivity index (χ1n) is 6.69. The predicted octanol–water partition coefficient (Wildman–Crippen LogP) is 2.06. The quantitative estimate of drug-likeness (QED) is 0.731. The molecule has 0 aliphatic heterocycles. The molecule has 0 aromatic heterocycles. The van der Waals surface area contributed by atoms with Gasteiger partial charge < -0.3 is 20.3 Å². The standard InChI is InChI=1S/C16H18FNO3/c17-15-3-1-2-4-16(15)21-11-14(20)10-18-9-12-5-7-13(19)8-6-12/h1-8,14,18-20H,9-11H2. The third-order valence-corrected chi connectivity index (χ3v) is 2.91. The Morgan fingerprint density at radius 1 is 1.10 bits per heavy atom. The molecule has 1 unspecified atom stereocenters. The number of hydrogen-bond donors (Lipinski definition) is 3. The lowest BCUT2D eigenvalue weighted by Crippen LogP contribution is -2.31. The third kappa shape index (κ3) is 5.06. The summed E-state index contributed by atoms with van der Waals surface area (Å²) in [4.78, 5) is 0. The molecule has 0 bridgehead atoms. The van der Waals surface area contributed by atoms with Crippen LogP contribution in [-0.4, -0.2) is 29.5 Å². The number of ether oxygens (including phenoxy) is 1. The summed E-state index contributed by atoms with van der Waals surface area (Å²) in [5.41, 5.74) is 0.995. The fourth-order valence-corrected chi connectivity index (χ4v) is 1.80. The van der Waals surface area contributed by atoms with E-state index in [0.717, 1.165) is 5.56 Å². The highest BCUT2D eigenvalue weighted by Gasteiger charge is 2.07. The van der Waals surface area contributed by atoms with Crippen LogP contribution in [0.4, 0.5) is 4.39 Å². The Kier molecular flexibility index (Phi) is 5.54. The second-order valence-electron chi connectivity index (χ2n) is 4.69. The number of aliphatic hydroxyl groups is 1. The zero-order valence-corrected chi connectivity index (χ0v) is 11.5. The number of hydrogen-bond acceptors (Lipinski definition) is 4. The van der Waals surface area contributed by atoms with E-state index in [-0.39, 0.29) is 18.1 Å². The predicted molar refractivity (Wildman–Crippen MR) is 77.7 cm³/mol. The maximum atomic E-state index is 13.3. The average molecular weight is 291 g/mol. The highest BCUT2D eigenvalue weighted by molar-refractivity contribution is 5.25. The molecule has 5 heteroatoms. The van der Waals surface area contributed by atoms with Crippen LogP contribution in [0.1, 0.15) is 5.56 Å². The third-order valence-electron chi connectivity index (χ3n) is 2.91. The molecular formula is C16H18FNO3. The molecular weight excluding hydrogens is 273 g/mol. The molecule has 4 nitrogen and oxygen atoms in total. The van der Waals surface area contributed by atoms with Crippen molar-refractivity contribution in [3.05, 3.63) is 59.9 Å². The number of benzene rings is 2. The van der Waals surface area contributed by atoms with Crippen molar-refractivity contribution >= 4 is 0 Å². The van der Waals surface area contributed by atoms with Gasteiger partial charge in [-0.2, -0.15) is 0 Å². The van der Waals surface area contributed by atoms with Crippen molar-refractivity contribution < 1.29 is 19.3 Å². The lowest BCUT2D eigenvalue weighted by molar-refractivity contribution is 0.104. The Bertz CT molecular complexity index is 560. The molecule has 112 valence electrons. The van der Waals surface area contributed by atoms with Crippen LogP contribution in [0.25, 0.3) is 0 Å². The van der Waals surface area contributed by atoms with E-state index in [1.165, 1.54) is 12.1 Å². The second-order valence-corrected chi connectivity index (χ2v) is 4.69. The molecule has 0 fully saturated rings. The monoisotopic (exact) mass is 291 g/mol. The van der Waals surface area contributed by atoms with Crippen LogP contribution in [0.5, 0.6) is 11.5 Å². The van der Waals surface area contributed by atoms with Crippen molar-refractivity contribution in [2.75, 3.05) is 13.2 Å². The van der Waals surface area contributed by atoms with E-state index in [1.54, 1.807) is 36.4 Å². The Hall–Kier alpha value is -2.11. The van der Waals surface area contributed by atoms with Gasteiger partial charge in [0.1, 0.15) is 18.5 Å². The summed E-state index contributed by atoms with van der Waals surface area (Å²) in [5.74, 6) is -0.0890. The summed E-state index contributed by atoms with van der Waals surface area (Å²) in [6.45, 7) is 0.913. The first-order valence-corrected chi connectivity index (χ1v) is 6.69. The number of rotatable bonds is 7. The highest BCUT2D eigenvalue weighted by atomic mass is 19.1. The minimum absolute atomic E-state index is 0.0174. The average Bonchev–Trinajstić information content (AvgIpc) is 2.48. The molecule has 21 heavy (non-hydrogen) atoms. The van der Waals surface area contributed by atoms with E-state index in [9.17, 15) is 9.50 Å². The van der Waals surface area contributed by atoms with Gasteiger partial charge >= 0.3 is 0 Å². The van der Waals surface area contributed by atoms with Gasteiger partial charge in [-0.25, -0.2) is 4.39 Å². The zero-order chi connectivity index (χ0) is 15.1. The molecule has 0 saturated carbocycles. The summed E-state index contributed by atoms with van der Waals surface area (Å²) in [6, 6.07) is 12.9. The van der Waals surface area contributed by atoms with E-state index in [1.807, 2.05) is 0 Å². The number of para-hydroxylation sites is 1. The number of halogens is 1. The van der Waals surface area contributed by atoms with Crippen LogP contribution in [0.3, 0.4) is 0 Å². The largest absolute Gasteiger partial charge is 0.508 e. The fourth-order valence-electron chi connectivity index (χ4n) is 1.80. The molecule has 0 aliphatic rings. The molecule has 0 spiro atoms. The van der Waals surface area contributed by atoms with Crippen molar-refractivity contribution in [1.82, 2.24) is 5.32 Å². The van der Waals surface area contributed by atoms with E-state index < -0.39 is 11.9 Å². The number of phenols is 1. The molecule has 1 atom stereocenters. The lowest BCUT2D eigenvalue weighted by Gasteiger charge is -2.13. The Morgan fingerprint density at radius 3 is 2.52 bits per heavy atom. The van der Waals surface area contributed by atoms with Crippen LogP contribution in [-0.2, 0) is 6.54 Å². The summed E-state index contributed by atoms with van der Waals surface area (Å²) in [6.07, 6.45) is -0.735. The van der Waals surface area contributed by atoms with Gasteiger partial charge in [0.25, 0.3) is 0 Å². The van der Waals surface area contributed by atoms with Crippen LogP contribution in [0, 0.1) is 5.82 Å². The number of aromatic hydroxyl groups is 1. The van der Waals surface area contributed by atoms with Gasteiger partial charge in [0.05, 0.1) is 0 Å². The van der Waals surface area contributed by atoms with E-state index in [2.05, 4.69) is 5.32 Å². The molecule has 2 aromatic rings. The van der Waals surface area contributed by atoms with Crippen molar-refractivity contribution in [2.24, 2.45) is 0 Å². The van der Waals surface area contributed by atoms with Crippen LogP contribution < -0.4 is 10.1 Å². The highest BCUT2D eigenvalue weighted by Crippen LogP contribution is 2.15. The van der Waals surface area contributed by atoms with E-state index in [4.69, 9.17) is 9.84 Å². The number of phenolic OH excluding ortho intramolecular Hbond substituents is 1. The molecule has 0 amide bonds. The van der Waals surface area contributed by atoms with Crippen molar-refractivity contribution in [3.8, 4) is 11.5 Å². The topological polar surface area (TPSA) is 61.7 Å². The Morgan fingerprint density at radius 2 is 1.81 bits per heavy atom. The molecule has 0 aliphatic carbocycles. The number of nitrogens with one attached hydrogen (secondary N) is 1. The van der Waals surface area contributed by atoms with Crippen molar-refractivity contribution in [2.45, 2.75) is 12.6 Å². The summed E-state index contributed by atoms with van der Waals surface area (Å²) >= 11 is 0. The summed E-state index contributed by atoms with van der Waals surface area (Å²) in [7, 11) is 0. The first kappa shape index (κ1) is 15.3. The van der Waals surface area contributed by atoms with Gasteiger partial charge in [0, 0.05) is 13.1 Å². The SMILES string of the molecule is Oc1ccc(CNCC(O)COc2ccccc2F)cc1. The van der Waals surface area contributed by atoms with Gasteiger partial charge in [0.15, 0.2) is 11.6 Å². The van der Waals surface area contributed by atoms with E-state index >= 15 is 0 Å². The minimum atomic E-state index is -0.735. The molecule has 0 radical (unpaired) electrons. The molecule has 3 N–H and O–H groups in total. The van der Waals surface area contributed by atoms with Gasteiger partial charge in [0.2, 0.25) is 0 Å². The minimum Gasteiger partial charge on any atom is -0.508 e. The Balaban J connectivity index is 1.69. The first-order chi connectivity index (χ1) is 10.1. The maximum absolute atomic E-state index is 13.3. The number of aliphatic hydroxyl groups excluding tert-OH is 1. The molecule has 0 saturated heterocycles. The fraction of sp³-hybridized carbons (Fsp3) is 0.250. The maximum Gasteiger partial charge on any atom is 0.165 e. The van der Waals surface area contributed by atoms with Gasteiger partial charge in [-0.15, -0.1) is 0 Å². The van der Waals surface area contributed by atoms with Gasteiger partial charge in [-0.05, 0) is 29.8 Å². The van der Waals surface area contributed by atoms with Crippen molar-refractivity contribution in [3.63, 3.8) is 0 Å². The summed E-state index contributed by atoms with van der Waals surface area (Å²) in [5, 5.41) is 22.0. The molecule has 2 aromatic carbocycles. The van der Waals surface area contributed by atoms with Crippen LogP contribution in [0.2, 0.25) is 0 Å². The van der Waals surface area contributed by atoms with Crippen LogP contribution >= 0.6 is 0 Å². The smallest absolute Gasteiger partial charge is 0.165 e.